The third kappa shape index (κ3) is 3.89. The Morgan fingerprint density at radius 1 is 1.07 bits per heavy atom. The quantitative estimate of drug-likeness (QED) is 0.779. The number of hydrogen-bond donors (Lipinski definition) is 1. The first-order valence-electron chi connectivity index (χ1n) is 11.2. The van der Waals surface area contributed by atoms with Crippen LogP contribution in [-0.4, -0.2) is 66.4 Å². The Morgan fingerprint density at radius 3 is 2.36 bits per heavy atom. The molecule has 0 radical (unpaired) electrons. The molecule has 2 saturated carbocycles. The number of hydrogen-bond acceptors (Lipinski definition) is 4. The SMILES string of the molecule is CC1(C)[C@@H]2CC[C@]1(C)[C@H](OC[C@H](O)CN1CCN(Cc3ccccc3)CC1)C2. The number of fused-ring (bicyclic) bond motifs is 2. The number of piperazine rings is 1. The topological polar surface area (TPSA) is 35.9 Å². The minimum Gasteiger partial charge on any atom is -0.389 e. The van der Waals surface area contributed by atoms with Crippen LogP contribution >= 0.6 is 0 Å². The minimum absolute atomic E-state index is 0.278. The van der Waals surface area contributed by atoms with E-state index in [2.05, 4.69) is 60.9 Å². The van der Waals surface area contributed by atoms with Gasteiger partial charge >= 0.3 is 0 Å². The second-order valence-electron chi connectivity index (χ2n) is 10.1. The van der Waals surface area contributed by atoms with Gasteiger partial charge in [0.2, 0.25) is 0 Å². The summed E-state index contributed by atoms with van der Waals surface area (Å²) in [6.07, 6.45) is 3.73. The van der Waals surface area contributed by atoms with Gasteiger partial charge < -0.3 is 9.84 Å². The first-order valence-corrected chi connectivity index (χ1v) is 11.2. The first-order chi connectivity index (χ1) is 13.4. The second kappa shape index (κ2) is 8.06. The van der Waals surface area contributed by atoms with E-state index in [0.717, 1.165) is 45.2 Å². The summed E-state index contributed by atoms with van der Waals surface area (Å²) < 4.78 is 6.29. The summed E-state index contributed by atoms with van der Waals surface area (Å²) in [6.45, 7) is 13.7. The molecule has 1 aromatic carbocycles. The summed E-state index contributed by atoms with van der Waals surface area (Å²) in [4.78, 5) is 4.90. The number of aliphatic hydroxyl groups excluding tert-OH is 1. The number of ether oxygens (including phenoxy) is 1. The predicted molar refractivity (Wildman–Crippen MR) is 113 cm³/mol. The average Bonchev–Trinajstić information content (AvgIpc) is 3.02. The highest BCUT2D eigenvalue weighted by molar-refractivity contribution is 5.14. The van der Waals surface area contributed by atoms with Gasteiger partial charge in [-0.2, -0.15) is 0 Å². The zero-order valence-electron chi connectivity index (χ0n) is 17.9. The molecule has 1 heterocycles. The van der Waals surface area contributed by atoms with E-state index in [1.54, 1.807) is 0 Å². The number of rotatable bonds is 7. The third-order valence-corrected chi connectivity index (χ3v) is 8.39. The monoisotopic (exact) mass is 386 g/mol. The van der Waals surface area contributed by atoms with Crippen molar-refractivity contribution in [3.8, 4) is 0 Å². The van der Waals surface area contributed by atoms with Gasteiger partial charge in [-0.15, -0.1) is 0 Å². The Balaban J connectivity index is 1.18. The Morgan fingerprint density at radius 2 is 1.75 bits per heavy atom. The first kappa shape index (κ1) is 20.3. The van der Waals surface area contributed by atoms with E-state index in [9.17, 15) is 5.11 Å². The van der Waals surface area contributed by atoms with Crippen molar-refractivity contribution in [3.63, 3.8) is 0 Å². The number of β-amino-alcohol motifs (C(OH)–C–C–N with tert-alkyl or cyclic N) is 1. The molecule has 156 valence electrons. The van der Waals surface area contributed by atoms with Gasteiger partial charge in [-0.25, -0.2) is 0 Å². The molecule has 2 aliphatic carbocycles. The van der Waals surface area contributed by atoms with Crippen molar-refractivity contribution in [1.29, 1.82) is 0 Å². The van der Waals surface area contributed by atoms with Crippen LogP contribution < -0.4 is 0 Å². The Kier molecular flexibility index (Phi) is 5.85. The van der Waals surface area contributed by atoms with Crippen molar-refractivity contribution in [1.82, 2.24) is 9.80 Å². The molecular weight excluding hydrogens is 348 g/mol. The lowest BCUT2D eigenvalue weighted by Gasteiger charge is -2.39. The highest BCUT2D eigenvalue weighted by Crippen LogP contribution is 2.66. The van der Waals surface area contributed by atoms with Crippen LogP contribution in [-0.2, 0) is 11.3 Å². The van der Waals surface area contributed by atoms with Crippen LogP contribution in [0.4, 0.5) is 0 Å². The number of benzene rings is 1. The molecule has 1 aromatic rings. The van der Waals surface area contributed by atoms with Gasteiger partial charge in [0.15, 0.2) is 0 Å². The van der Waals surface area contributed by atoms with Crippen LogP contribution in [0.5, 0.6) is 0 Å². The van der Waals surface area contributed by atoms with Gasteiger partial charge in [0.25, 0.3) is 0 Å². The van der Waals surface area contributed by atoms with Gasteiger partial charge in [0.1, 0.15) is 0 Å². The highest BCUT2D eigenvalue weighted by atomic mass is 16.5. The van der Waals surface area contributed by atoms with E-state index in [1.807, 2.05) is 0 Å². The van der Waals surface area contributed by atoms with Gasteiger partial charge in [-0.3, -0.25) is 9.80 Å². The van der Waals surface area contributed by atoms with Crippen molar-refractivity contribution in [2.75, 3.05) is 39.3 Å². The number of nitrogens with zero attached hydrogens (tertiary/aromatic N) is 2. The van der Waals surface area contributed by atoms with Gasteiger partial charge in [-0.1, -0.05) is 51.1 Å². The van der Waals surface area contributed by atoms with E-state index in [4.69, 9.17) is 4.74 Å². The maximum Gasteiger partial charge on any atom is 0.0900 e. The maximum absolute atomic E-state index is 10.6. The average molecular weight is 387 g/mol. The van der Waals surface area contributed by atoms with E-state index in [1.165, 1.54) is 24.8 Å². The van der Waals surface area contributed by atoms with Crippen molar-refractivity contribution in [3.05, 3.63) is 35.9 Å². The predicted octanol–water partition coefficient (Wildman–Crippen LogP) is 3.40. The lowest BCUT2D eigenvalue weighted by Crippen LogP contribution is -2.49. The summed E-state index contributed by atoms with van der Waals surface area (Å²) in [5, 5.41) is 10.6. The molecule has 1 saturated heterocycles. The van der Waals surface area contributed by atoms with Gasteiger partial charge in [-0.05, 0) is 41.6 Å². The molecule has 1 aliphatic heterocycles. The molecule has 2 bridgehead atoms. The summed E-state index contributed by atoms with van der Waals surface area (Å²) >= 11 is 0. The molecule has 28 heavy (non-hydrogen) atoms. The molecular formula is C24H38N2O2. The minimum atomic E-state index is -0.383. The van der Waals surface area contributed by atoms with Crippen LogP contribution in [0.1, 0.15) is 45.6 Å². The standard InChI is InChI=1S/C24H38N2O2/c1-23(2)20-9-10-24(23,3)22(15-20)28-18-21(27)17-26-13-11-25(12-14-26)16-19-7-5-4-6-8-19/h4-8,20-22,27H,9-18H2,1-3H3/t20-,21-,22-,24-/m1/s1. The second-order valence-corrected chi connectivity index (χ2v) is 10.1. The van der Waals surface area contributed by atoms with E-state index < -0.39 is 0 Å². The summed E-state index contributed by atoms with van der Waals surface area (Å²) in [6, 6.07) is 10.7. The summed E-state index contributed by atoms with van der Waals surface area (Å²) in [5.41, 5.74) is 2.03. The van der Waals surface area contributed by atoms with Crippen LogP contribution in [0.25, 0.3) is 0 Å². The fourth-order valence-electron chi connectivity index (χ4n) is 5.93. The molecule has 4 rings (SSSR count). The fourth-order valence-corrected chi connectivity index (χ4v) is 5.93. The Bertz CT molecular complexity index is 641. The van der Waals surface area contributed by atoms with Crippen molar-refractivity contribution >= 4 is 0 Å². The molecule has 4 heteroatoms. The zero-order valence-corrected chi connectivity index (χ0v) is 17.9. The molecule has 3 fully saturated rings. The normalized spacial score (nSPS) is 34.0. The third-order valence-electron chi connectivity index (χ3n) is 8.39. The van der Waals surface area contributed by atoms with Gasteiger partial charge in [0, 0.05) is 39.3 Å². The molecule has 3 aliphatic rings. The Labute approximate surface area is 170 Å². The summed E-state index contributed by atoms with van der Waals surface area (Å²) in [7, 11) is 0. The molecule has 0 amide bonds. The lowest BCUT2D eigenvalue weighted by atomic mass is 9.70. The summed E-state index contributed by atoms with van der Waals surface area (Å²) in [5.74, 6) is 0.789. The van der Waals surface area contributed by atoms with Crippen LogP contribution in [0, 0.1) is 16.7 Å². The molecule has 1 N–H and O–H groups in total. The number of aliphatic hydroxyl groups is 1. The lowest BCUT2D eigenvalue weighted by molar-refractivity contribution is -0.0807. The molecule has 0 unspecified atom stereocenters. The van der Waals surface area contributed by atoms with E-state index in [-0.39, 0.29) is 11.5 Å². The van der Waals surface area contributed by atoms with Crippen molar-refractivity contribution < 1.29 is 9.84 Å². The highest BCUT2D eigenvalue weighted by Gasteiger charge is 2.61. The molecule has 4 nitrogen and oxygen atoms in total. The Hall–Kier alpha value is -0.940. The molecule has 4 atom stereocenters. The smallest absolute Gasteiger partial charge is 0.0900 e. The van der Waals surface area contributed by atoms with Gasteiger partial charge in [0.05, 0.1) is 18.8 Å². The molecule has 0 aromatic heterocycles. The fraction of sp³-hybridized carbons (Fsp3) is 0.750. The largest absolute Gasteiger partial charge is 0.389 e. The van der Waals surface area contributed by atoms with Crippen LogP contribution in [0.2, 0.25) is 0 Å². The maximum atomic E-state index is 10.6. The van der Waals surface area contributed by atoms with Crippen molar-refractivity contribution in [2.45, 2.75) is 58.8 Å². The van der Waals surface area contributed by atoms with Crippen LogP contribution in [0.3, 0.4) is 0 Å². The van der Waals surface area contributed by atoms with Crippen LogP contribution in [0.15, 0.2) is 30.3 Å². The zero-order chi connectivity index (χ0) is 19.8. The van der Waals surface area contributed by atoms with E-state index in [0.29, 0.717) is 18.1 Å². The van der Waals surface area contributed by atoms with Crippen molar-refractivity contribution in [2.24, 2.45) is 16.7 Å². The van der Waals surface area contributed by atoms with E-state index >= 15 is 0 Å². The molecule has 0 spiro atoms.